The number of rotatable bonds is 4. The zero-order valence-corrected chi connectivity index (χ0v) is 10.7. The molecule has 20 heavy (non-hydrogen) atoms. The van der Waals surface area contributed by atoms with Gasteiger partial charge in [0.25, 0.3) is 0 Å². The molecule has 0 spiro atoms. The highest BCUT2D eigenvalue weighted by molar-refractivity contribution is 5.66. The van der Waals surface area contributed by atoms with Crippen molar-refractivity contribution in [1.29, 1.82) is 0 Å². The molecule has 1 saturated heterocycles. The van der Waals surface area contributed by atoms with Crippen molar-refractivity contribution in [3.8, 4) is 0 Å². The van der Waals surface area contributed by atoms with Crippen molar-refractivity contribution in [3.63, 3.8) is 0 Å². The van der Waals surface area contributed by atoms with Gasteiger partial charge in [-0.1, -0.05) is 12.1 Å². The SMILES string of the molecule is O=C(O)CCC1CCC(c2cccc(C(F)(F)F)c2)O1. The van der Waals surface area contributed by atoms with Crippen LogP contribution >= 0.6 is 0 Å². The Balaban J connectivity index is 2.01. The first-order chi connectivity index (χ1) is 9.36. The number of carboxylic acid groups (broad SMARTS) is 1. The van der Waals surface area contributed by atoms with E-state index in [-0.39, 0.29) is 18.6 Å². The highest BCUT2D eigenvalue weighted by Crippen LogP contribution is 2.37. The van der Waals surface area contributed by atoms with Crippen LogP contribution in [-0.4, -0.2) is 17.2 Å². The van der Waals surface area contributed by atoms with Crippen molar-refractivity contribution >= 4 is 5.97 Å². The number of alkyl halides is 3. The van der Waals surface area contributed by atoms with Crippen LogP contribution in [0.25, 0.3) is 0 Å². The Bertz CT molecular complexity index is 485. The third-order valence-electron chi connectivity index (χ3n) is 3.37. The van der Waals surface area contributed by atoms with E-state index in [4.69, 9.17) is 9.84 Å². The highest BCUT2D eigenvalue weighted by Gasteiger charge is 2.32. The fourth-order valence-electron chi connectivity index (χ4n) is 2.36. The molecular formula is C14H15F3O3. The van der Waals surface area contributed by atoms with Gasteiger partial charge in [0.2, 0.25) is 0 Å². The van der Waals surface area contributed by atoms with E-state index in [0.717, 1.165) is 12.1 Å². The van der Waals surface area contributed by atoms with Gasteiger partial charge in [-0.2, -0.15) is 13.2 Å². The molecule has 3 nitrogen and oxygen atoms in total. The van der Waals surface area contributed by atoms with Gasteiger partial charge in [0, 0.05) is 6.42 Å². The van der Waals surface area contributed by atoms with Crippen LogP contribution in [0, 0.1) is 0 Å². The van der Waals surface area contributed by atoms with Gasteiger partial charge < -0.3 is 9.84 Å². The molecule has 1 N–H and O–H groups in total. The van der Waals surface area contributed by atoms with Gasteiger partial charge in [-0.15, -0.1) is 0 Å². The fourth-order valence-corrected chi connectivity index (χ4v) is 2.36. The average Bonchev–Trinajstić information content (AvgIpc) is 2.84. The maximum Gasteiger partial charge on any atom is 0.416 e. The van der Waals surface area contributed by atoms with Gasteiger partial charge in [-0.05, 0) is 37.0 Å². The number of aliphatic carboxylic acids is 1. The lowest BCUT2D eigenvalue weighted by molar-refractivity contribution is -0.138. The molecule has 0 amide bonds. The second-order valence-electron chi connectivity index (χ2n) is 4.88. The number of carbonyl (C=O) groups is 1. The Kier molecular flexibility index (Phi) is 4.32. The number of hydrogen-bond acceptors (Lipinski definition) is 2. The summed E-state index contributed by atoms with van der Waals surface area (Å²) >= 11 is 0. The van der Waals surface area contributed by atoms with E-state index in [2.05, 4.69) is 0 Å². The summed E-state index contributed by atoms with van der Waals surface area (Å²) in [5.41, 5.74) is -0.190. The minimum absolute atomic E-state index is 0.0139. The molecule has 0 saturated carbocycles. The van der Waals surface area contributed by atoms with Gasteiger partial charge in [0.15, 0.2) is 0 Å². The van der Waals surface area contributed by atoms with Crippen molar-refractivity contribution in [3.05, 3.63) is 35.4 Å². The van der Waals surface area contributed by atoms with Crippen molar-refractivity contribution in [2.75, 3.05) is 0 Å². The number of halogens is 3. The minimum Gasteiger partial charge on any atom is -0.481 e. The first-order valence-corrected chi connectivity index (χ1v) is 6.40. The van der Waals surface area contributed by atoms with Gasteiger partial charge in [0.1, 0.15) is 0 Å². The van der Waals surface area contributed by atoms with E-state index >= 15 is 0 Å². The van der Waals surface area contributed by atoms with Crippen LogP contribution in [-0.2, 0) is 15.7 Å². The Hall–Kier alpha value is -1.56. The zero-order valence-electron chi connectivity index (χ0n) is 10.7. The number of carboxylic acids is 1. The third-order valence-corrected chi connectivity index (χ3v) is 3.37. The van der Waals surface area contributed by atoms with E-state index in [1.54, 1.807) is 6.07 Å². The second-order valence-corrected chi connectivity index (χ2v) is 4.88. The molecule has 1 aromatic rings. The fraction of sp³-hybridized carbons (Fsp3) is 0.500. The Labute approximate surface area is 114 Å². The summed E-state index contributed by atoms with van der Waals surface area (Å²) in [5, 5.41) is 8.60. The molecule has 1 heterocycles. The predicted molar refractivity (Wildman–Crippen MR) is 65.2 cm³/mol. The molecule has 1 aliphatic rings. The topological polar surface area (TPSA) is 46.5 Å². The quantitative estimate of drug-likeness (QED) is 0.916. The predicted octanol–water partition coefficient (Wildman–Crippen LogP) is 3.79. The highest BCUT2D eigenvalue weighted by atomic mass is 19.4. The average molecular weight is 288 g/mol. The van der Waals surface area contributed by atoms with Crippen LogP contribution in [0.3, 0.4) is 0 Å². The zero-order chi connectivity index (χ0) is 14.8. The summed E-state index contributed by atoms with van der Waals surface area (Å²) < 4.78 is 43.5. The van der Waals surface area contributed by atoms with Crippen LogP contribution in [0.5, 0.6) is 0 Å². The second kappa shape index (κ2) is 5.83. The molecule has 0 radical (unpaired) electrons. The summed E-state index contributed by atoms with van der Waals surface area (Å²) in [6, 6.07) is 5.11. The Morgan fingerprint density at radius 3 is 2.75 bits per heavy atom. The summed E-state index contributed by atoms with van der Waals surface area (Å²) in [6.07, 6.45) is -3.23. The van der Waals surface area contributed by atoms with Crippen LogP contribution in [0.15, 0.2) is 24.3 Å². The maximum absolute atomic E-state index is 12.6. The molecule has 1 aliphatic heterocycles. The minimum atomic E-state index is -4.36. The lowest BCUT2D eigenvalue weighted by atomic mass is 10.0. The molecule has 2 atom stereocenters. The van der Waals surface area contributed by atoms with Crippen LogP contribution in [0.2, 0.25) is 0 Å². The third kappa shape index (κ3) is 3.72. The smallest absolute Gasteiger partial charge is 0.416 e. The lowest BCUT2D eigenvalue weighted by Gasteiger charge is -2.15. The largest absolute Gasteiger partial charge is 0.481 e. The molecule has 6 heteroatoms. The van der Waals surface area contributed by atoms with Crippen molar-refractivity contribution in [1.82, 2.24) is 0 Å². The number of benzene rings is 1. The monoisotopic (exact) mass is 288 g/mol. The van der Waals surface area contributed by atoms with Crippen molar-refractivity contribution < 1.29 is 27.8 Å². The summed E-state index contributed by atoms with van der Waals surface area (Å²) in [6.45, 7) is 0. The standard InChI is InChI=1S/C14H15F3O3/c15-14(16,17)10-3-1-2-9(8-10)12-6-4-11(20-12)5-7-13(18)19/h1-3,8,11-12H,4-7H2,(H,18,19). The molecule has 1 aromatic carbocycles. The van der Waals surface area contributed by atoms with E-state index in [1.807, 2.05) is 0 Å². The van der Waals surface area contributed by atoms with Crippen molar-refractivity contribution in [2.24, 2.45) is 0 Å². The molecule has 1 fully saturated rings. The molecule has 0 bridgehead atoms. The first-order valence-electron chi connectivity index (χ1n) is 6.40. The van der Waals surface area contributed by atoms with E-state index < -0.39 is 17.7 Å². The normalized spacial score (nSPS) is 22.9. The van der Waals surface area contributed by atoms with E-state index in [9.17, 15) is 18.0 Å². The summed E-state index contributed by atoms with van der Waals surface area (Å²) in [5.74, 6) is -0.892. The number of ether oxygens (including phenoxy) is 1. The Morgan fingerprint density at radius 2 is 2.10 bits per heavy atom. The molecule has 0 aliphatic carbocycles. The molecule has 2 unspecified atom stereocenters. The van der Waals surface area contributed by atoms with Gasteiger partial charge >= 0.3 is 12.1 Å². The molecule has 0 aromatic heterocycles. The molecular weight excluding hydrogens is 273 g/mol. The van der Waals surface area contributed by atoms with Crippen LogP contribution in [0.1, 0.15) is 42.9 Å². The van der Waals surface area contributed by atoms with Gasteiger partial charge in [-0.3, -0.25) is 4.79 Å². The van der Waals surface area contributed by atoms with Crippen LogP contribution < -0.4 is 0 Å². The van der Waals surface area contributed by atoms with Gasteiger partial charge in [0.05, 0.1) is 17.8 Å². The lowest BCUT2D eigenvalue weighted by Crippen LogP contribution is -2.10. The first kappa shape index (κ1) is 14.8. The summed E-state index contributed by atoms with van der Waals surface area (Å²) in [4.78, 5) is 10.5. The molecule has 110 valence electrons. The summed E-state index contributed by atoms with van der Waals surface area (Å²) in [7, 11) is 0. The maximum atomic E-state index is 12.6. The van der Waals surface area contributed by atoms with E-state index in [1.165, 1.54) is 6.07 Å². The van der Waals surface area contributed by atoms with Crippen LogP contribution in [0.4, 0.5) is 13.2 Å². The van der Waals surface area contributed by atoms with Crippen molar-refractivity contribution in [2.45, 2.75) is 44.1 Å². The Morgan fingerprint density at radius 1 is 1.35 bits per heavy atom. The molecule has 2 rings (SSSR count). The van der Waals surface area contributed by atoms with Gasteiger partial charge in [-0.25, -0.2) is 0 Å². The van der Waals surface area contributed by atoms with E-state index in [0.29, 0.717) is 24.8 Å². The number of hydrogen-bond donors (Lipinski definition) is 1.